The van der Waals surface area contributed by atoms with Crippen LogP contribution in [0.4, 0.5) is 23.5 Å². The van der Waals surface area contributed by atoms with Crippen molar-refractivity contribution in [2.24, 2.45) is 0 Å². The summed E-state index contributed by atoms with van der Waals surface area (Å²) in [6, 6.07) is 2.30. The summed E-state index contributed by atoms with van der Waals surface area (Å²) in [4.78, 5) is 11.4. The molecule has 0 unspecified atom stereocenters. The third kappa shape index (κ3) is 2.84. The van der Waals surface area contributed by atoms with Crippen LogP contribution in [-0.4, -0.2) is 15.0 Å². The molecule has 20 heavy (non-hydrogen) atoms. The highest BCUT2D eigenvalue weighted by atomic mass is 19.4. The van der Waals surface area contributed by atoms with E-state index >= 15 is 0 Å². The number of nitrogens with two attached hydrogens (primary N) is 1. The number of aryl methyl sites for hydroxylation is 1. The fourth-order valence-corrected chi connectivity index (χ4v) is 1.66. The zero-order valence-corrected chi connectivity index (χ0v) is 10.4. The Labute approximate surface area is 111 Å². The molecule has 2 aromatic rings. The molecule has 1 heterocycles. The van der Waals surface area contributed by atoms with Gasteiger partial charge in [-0.15, -0.1) is 0 Å². The molecule has 0 bridgehead atoms. The van der Waals surface area contributed by atoms with Gasteiger partial charge in [0.25, 0.3) is 0 Å². The average Bonchev–Trinajstić information content (AvgIpc) is 2.36. The molecular formula is C12H10F4N4. The number of nitrogens with zero attached hydrogens (tertiary/aromatic N) is 3. The van der Waals surface area contributed by atoms with Crippen LogP contribution in [0.3, 0.4) is 0 Å². The van der Waals surface area contributed by atoms with Crippen molar-refractivity contribution in [3.8, 4) is 11.4 Å². The van der Waals surface area contributed by atoms with Gasteiger partial charge in [0.1, 0.15) is 11.6 Å². The van der Waals surface area contributed by atoms with Gasteiger partial charge in [-0.2, -0.15) is 23.1 Å². The van der Waals surface area contributed by atoms with E-state index in [1.54, 1.807) is 6.92 Å². The minimum atomic E-state index is -4.72. The second kappa shape index (κ2) is 5.03. The number of halogens is 4. The van der Waals surface area contributed by atoms with Crippen molar-refractivity contribution in [1.29, 1.82) is 0 Å². The Bertz CT molecular complexity index is 640. The molecule has 0 aliphatic heterocycles. The summed E-state index contributed by atoms with van der Waals surface area (Å²) in [5.74, 6) is -1.12. The molecule has 0 saturated carbocycles. The lowest BCUT2D eigenvalue weighted by Gasteiger charge is -2.12. The van der Waals surface area contributed by atoms with E-state index in [-0.39, 0.29) is 23.2 Å². The fourth-order valence-electron chi connectivity index (χ4n) is 1.66. The molecule has 2 N–H and O–H groups in total. The van der Waals surface area contributed by atoms with E-state index in [4.69, 9.17) is 5.73 Å². The van der Waals surface area contributed by atoms with E-state index in [9.17, 15) is 17.6 Å². The molecule has 0 amide bonds. The molecular weight excluding hydrogens is 276 g/mol. The number of aromatic nitrogens is 3. The van der Waals surface area contributed by atoms with E-state index < -0.39 is 17.6 Å². The summed E-state index contributed by atoms with van der Waals surface area (Å²) in [5.41, 5.74) is 3.96. The van der Waals surface area contributed by atoms with E-state index in [1.807, 2.05) is 0 Å². The van der Waals surface area contributed by atoms with Crippen molar-refractivity contribution >= 4 is 5.95 Å². The van der Waals surface area contributed by atoms with Gasteiger partial charge in [0.05, 0.1) is 5.56 Å². The SMILES string of the molecule is CCc1nc(N)nc(-c2ccc(F)cc2C(F)(F)F)n1. The minimum Gasteiger partial charge on any atom is -0.368 e. The Morgan fingerprint density at radius 1 is 1.15 bits per heavy atom. The standard InChI is InChI=1S/C12H10F4N4/c1-2-9-18-10(20-11(17)19-9)7-4-3-6(13)5-8(7)12(14,15)16/h3-5H,2H2,1H3,(H2,17,18,19,20). The van der Waals surface area contributed by atoms with Gasteiger partial charge >= 0.3 is 6.18 Å². The maximum atomic E-state index is 13.0. The van der Waals surface area contributed by atoms with E-state index in [0.717, 1.165) is 12.1 Å². The van der Waals surface area contributed by atoms with Gasteiger partial charge in [-0.3, -0.25) is 0 Å². The predicted molar refractivity (Wildman–Crippen MR) is 64.0 cm³/mol. The van der Waals surface area contributed by atoms with Crippen LogP contribution in [0, 0.1) is 5.82 Å². The summed E-state index contributed by atoms with van der Waals surface area (Å²) >= 11 is 0. The third-order valence-corrected chi connectivity index (χ3v) is 2.54. The molecule has 106 valence electrons. The summed E-state index contributed by atoms with van der Waals surface area (Å²) < 4.78 is 51.8. The maximum absolute atomic E-state index is 13.0. The van der Waals surface area contributed by atoms with Gasteiger partial charge in [-0.25, -0.2) is 9.37 Å². The maximum Gasteiger partial charge on any atom is 0.417 e. The predicted octanol–water partition coefficient (Wildman–Crippen LogP) is 2.84. The number of hydrogen-bond acceptors (Lipinski definition) is 4. The summed E-state index contributed by atoms with van der Waals surface area (Å²) in [6.45, 7) is 1.73. The molecule has 1 aromatic heterocycles. The van der Waals surface area contributed by atoms with E-state index in [2.05, 4.69) is 15.0 Å². The quantitative estimate of drug-likeness (QED) is 0.862. The van der Waals surface area contributed by atoms with Crippen LogP contribution in [-0.2, 0) is 12.6 Å². The average molecular weight is 286 g/mol. The lowest BCUT2D eigenvalue weighted by Crippen LogP contribution is -2.11. The topological polar surface area (TPSA) is 64.7 Å². The van der Waals surface area contributed by atoms with Crippen molar-refractivity contribution in [2.45, 2.75) is 19.5 Å². The smallest absolute Gasteiger partial charge is 0.368 e. The van der Waals surface area contributed by atoms with Crippen LogP contribution in [0.2, 0.25) is 0 Å². The first-order valence-electron chi connectivity index (χ1n) is 5.68. The highest BCUT2D eigenvalue weighted by Crippen LogP contribution is 2.36. The first kappa shape index (κ1) is 14.2. The van der Waals surface area contributed by atoms with Crippen molar-refractivity contribution in [3.63, 3.8) is 0 Å². The van der Waals surface area contributed by atoms with Crippen LogP contribution >= 0.6 is 0 Å². The first-order chi connectivity index (χ1) is 9.31. The minimum absolute atomic E-state index is 0.177. The molecule has 2 rings (SSSR count). The number of nitrogen functional groups attached to an aromatic ring is 1. The number of alkyl halides is 3. The first-order valence-corrected chi connectivity index (χ1v) is 5.68. The van der Waals surface area contributed by atoms with Crippen molar-refractivity contribution in [3.05, 3.63) is 35.4 Å². The second-order valence-corrected chi connectivity index (χ2v) is 3.97. The van der Waals surface area contributed by atoms with Crippen molar-refractivity contribution in [2.75, 3.05) is 5.73 Å². The largest absolute Gasteiger partial charge is 0.417 e. The van der Waals surface area contributed by atoms with Crippen LogP contribution < -0.4 is 5.73 Å². The van der Waals surface area contributed by atoms with Crippen LogP contribution in [0.25, 0.3) is 11.4 Å². The number of rotatable bonds is 2. The Morgan fingerprint density at radius 3 is 2.45 bits per heavy atom. The Balaban J connectivity index is 2.66. The van der Waals surface area contributed by atoms with Gasteiger partial charge < -0.3 is 5.73 Å². The summed E-state index contributed by atoms with van der Waals surface area (Å²) in [5, 5.41) is 0. The van der Waals surface area contributed by atoms with Crippen molar-refractivity contribution in [1.82, 2.24) is 15.0 Å². The van der Waals surface area contributed by atoms with E-state index in [1.165, 1.54) is 0 Å². The Hall–Kier alpha value is -2.25. The fraction of sp³-hybridized carbons (Fsp3) is 0.250. The molecule has 1 aromatic carbocycles. The number of hydrogen-bond donors (Lipinski definition) is 1. The molecule has 0 radical (unpaired) electrons. The summed E-state index contributed by atoms with van der Waals surface area (Å²) in [6.07, 6.45) is -4.33. The zero-order valence-electron chi connectivity index (χ0n) is 10.4. The molecule has 8 heteroatoms. The molecule has 4 nitrogen and oxygen atoms in total. The molecule has 0 saturated heterocycles. The van der Waals surface area contributed by atoms with Crippen molar-refractivity contribution < 1.29 is 17.6 Å². The monoisotopic (exact) mass is 286 g/mol. The highest BCUT2D eigenvalue weighted by molar-refractivity contribution is 5.62. The van der Waals surface area contributed by atoms with Gasteiger partial charge in [0, 0.05) is 12.0 Å². The number of benzene rings is 1. The van der Waals surface area contributed by atoms with Crippen LogP contribution in [0.15, 0.2) is 18.2 Å². The second-order valence-electron chi connectivity index (χ2n) is 3.97. The summed E-state index contributed by atoms with van der Waals surface area (Å²) in [7, 11) is 0. The molecule has 0 aliphatic rings. The molecule has 0 fully saturated rings. The van der Waals surface area contributed by atoms with Gasteiger partial charge in [0.15, 0.2) is 5.82 Å². The zero-order chi connectivity index (χ0) is 14.9. The lowest BCUT2D eigenvalue weighted by molar-refractivity contribution is -0.137. The normalized spacial score (nSPS) is 11.7. The van der Waals surface area contributed by atoms with Gasteiger partial charge in [-0.05, 0) is 18.2 Å². The molecule has 0 spiro atoms. The Morgan fingerprint density at radius 2 is 1.85 bits per heavy atom. The van der Waals surface area contributed by atoms with Crippen LogP contribution in [0.1, 0.15) is 18.3 Å². The van der Waals surface area contributed by atoms with Crippen LogP contribution in [0.5, 0.6) is 0 Å². The lowest BCUT2D eigenvalue weighted by atomic mass is 10.1. The number of anilines is 1. The van der Waals surface area contributed by atoms with E-state index in [0.29, 0.717) is 12.5 Å². The highest BCUT2D eigenvalue weighted by Gasteiger charge is 2.35. The third-order valence-electron chi connectivity index (χ3n) is 2.54. The molecule has 0 aliphatic carbocycles. The van der Waals surface area contributed by atoms with Gasteiger partial charge in [-0.1, -0.05) is 6.92 Å². The Kier molecular flexibility index (Phi) is 3.56. The molecule has 0 atom stereocenters. The van der Waals surface area contributed by atoms with Gasteiger partial charge in [0.2, 0.25) is 5.95 Å².